The van der Waals surface area contributed by atoms with E-state index < -0.39 is 21.9 Å². The van der Waals surface area contributed by atoms with Crippen molar-refractivity contribution in [2.24, 2.45) is 4.99 Å². The first-order valence-electron chi connectivity index (χ1n) is 7.21. The number of thiol groups is 1. The summed E-state index contributed by atoms with van der Waals surface area (Å²) in [6, 6.07) is 5.96. The summed E-state index contributed by atoms with van der Waals surface area (Å²) >= 11 is 0. The van der Waals surface area contributed by atoms with Gasteiger partial charge in [-0.15, -0.1) is 0 Å². The summed E-state index contributed by atoms with van der Waals surface area (Å²) in [5, 5.41) is 22.9. The van der Waals surface area contributed by atoms with Crippen molar-refractivity contribution in [3.63, 3.8) is 0 Å². The Morgan fingerprint density at radius 1 is 1.36 bits per heavy atom. The van der Waals surface area contributed by atoms with E-state index in [-0.39, 0.29) is 10.6 Å². The SMILES string of the molecule is CCCC(CC1=NCC[SH]1c1cccc([N+](=O)[O-])c1)[N+](=O)[O-]. The third kappa shape index (κ3) is 3.82. The lowest BCUT2D eigenvalue weighted by Gasteiger charge is -2.19. The Balaban J connectivity index is 2.18. The molecule has 1 aromatic carbocycles. The Bertz CT molecular complexity index is 606. The van der Waals surface area contributed by atoms with Gasteiger partial charge in [0.05, 0.1) is 16.4 Å². The Labute approximate surface area is 131 Å². The predicted octanol–water partition coefficient (Wildman–Crippen LogP) is 3.20. The molecule has 0 saturated carbocycles. The van der Waals surface area contributed by atoms with Gasteiger partial charge in [0.15, 0.2) is 0 Å². The van der Waals surface area contributed by atoms with Gasteiger partial charge in [0.2, 0.25) is 6.04 Å². The number of rotatable bonds is 7. The Hall–Kier alpha value is -1.96. The number of non-ortho nitro benzene ring substituents is 1. The van der Waals surface area contributed by atoms with E-state index in [0.29, 0.717) is 19.4 Å². The van der Waals surface area contributed by atoms with Crippen molar-refractivity contribution in [2.75, 3.05) is 12.3 Å². The molecule has 2 unspecified atom stereocenters. The van der Waals surface area contributed by atoms with Crippen LogP contribution in [0, 0.1) is 20.2 Å². The van der Waals surface area contributed by atoms with E-state index in [1.807, 2.05) is 13.0 Å². The highest BCUT2D eigenvalue weighted by molar-refractivity contribution is 8.30. The van der Waals surface area contributed by atoms with Gasteiger partial charge in [0, 0.05) is 35.8 Å². The third-order valence-corrected chi connectivity index (χ3v) is 6.12. The van der Waals surface area contributed by atoms with Crippen molar-refractivity contribution in [3.8, 4) is 0 Å². The minimum Gasteiger partial charge on any atom is -0.283 e. The lowest BCUT2D eigenvalue weighted by molar-refractivity contribution is -0.521. The normalized spacial score (nSPS) is 20.4. The molecule has 0 fully saturated rings. The second kappa shape index (κ2) is 7.35. The number of nitro groups is 2. The highest BCUT2D eigenvalue weighted by Gasteiger charge is 2.28. The molecule has 120 valence electrons. The summed E-state index contributed by atoms with van der Waals surface area (Å²) in [7, 11) is -0.772. The van der Waals surface area contributed by atoms with Crippen molar-refractivity contribution in [3.05, 3.63) is 44.5 Å². The van der Waals surface area contributed by atoms with Crippen LogP contribution >= 0.6 is 10.9 Å². The van der Waals surface area contributed by atoms with Crippen LogP contribution in [0.5, 0.6) is 0 Å². The van der Waals surface area contributed by atoms with Gasteiger partial charge >= 0.3 is 0 Å². The van der Waals surface area contributed by atoms with Gasteiger partial charge in [0.1, 0.15) is 0 Å². The molecule has 0 aliphatic carbocycles. The maximum Gasteiger partial charge on any atom is 0.270 e. The van der Waals surface area contributed by atoms with Gasteiger partial charge in [-0.05, 0) is 17.4 Å². The van der Waals surface area contributed by atoms with Crippen LogP contribution < -0.4 is 0 Å². The molecule has 0 spiro atoms. The summed E-state index contributed by atoms with van der Waals surface area (Å²) in [5.74, 6) is 0.822. The van der Waals surface area contributed by atoms with Crippen LogP contribution in [0.15, 0.2) is 34.2 Å². The summed E-state index contributed by atoms with van der Waals surface area (Å²) in [4.78, 5) is 26.7. The van der Waals surface area contributed by atoms with Crippen LogP contribution in [0.1, 0.15) is 26.2 Å². The Morgan fingerprint density at radius 2 is 2.14 bits per heavy atom. The van der Waals surface area contributed by atoms with Crippen molar-refractivity contribution in [1.82, 2.24) is 0 Å². The second-order valence-electron chi connectivity index (χ2n) is 5.16. The molecule has 22 heavy (non-hydrogen) atoms. The average Bonchev–Trinajstić information content (AvgIpc) is 2.95. The molecule has 1 aliphatic rings. The molecule has 8 heteroatoms. The number of nitrogens with zero attached hydrogens (tertiary/aromatic N) is 3. The van der Waals surface area contributed by atoms with Crippen molar-refractivity contribution in [2.45, 2.75) is 37.1 Å². The van der Waals surface area contributed by atoms with Gasteiger partial charge in [-0.2, -0.15) is 10.9 Å². The highest BCUT2D eigenvalue weighted by Crippen LogP contribution is 2.43. The van der Waals surface area contributed by atoms with Crippen LogP contribution in [-0.2, 0) is 0 Å². The molecule has 1 heterocycles. The van der Waals surface area contributed by atoms with E-state index >= 15 is 0 Å². The number of hydrogen-bond acceptors (Lipinski definition) is 5. The zero-order valence-corrected chi connectivity index (χ0v) is 13.2. The maximum absolute atomic E-state index is 11.1. The van der Waals surface area contributed by atoms with Crippen LogP contribution in [0.25, 0.3) is 0 Å². The first-order chi connectivity index (χ1) is 10.5. The van der Waals surface area contributed by atoms with Crippen LogP contribution in [0.4, 0.5) is 5.69 Å². The molecule has 1 aromatic rings. The van der Waals surface area contributed by atoms with Crippen molar-refractivity contribution in [1.29, 1.82) is 0 Å². The first kappa shape index (κ1) is 16.4. The number of hydrogen-bond donors (Lipinski definition) is 1. The minimum atomic E-state index is -0.772. The molecule has 2 atom stereocenters. The van der Waals surface area contributed by atoms with E-state index in [4.69, 9.17) is 0 Å². The van der Waals surface area contributed by atoms with Gasteiger partial charge in [-0.25, -0.2) is 0 Å². The summed E-state index contributed by atoms with van der Waals surface area (Å²) in [6.07, 6.45) is 1.65. The smallest absolute Gasteiger partial charge is 0.270 e. The van der Waals surface area contributed by atoms with Crippen molar-refractivity contribution < 1.29 is 9.85 Å². The zero-order chi connectivity index (χ0) is 16.1. The fraction of sp³-hybridized carbons (Fsp3) is 0.500. The number of benzene rings is 1. The highest BCUT2D eigenvalue weighted by atomic mass is 32.2. The molecule has 0 saturated heterocycles. The van der Waals surface area contributed by atoms with Crippen LogP contribution in [-0.4, -0.2) is 33.2 Å². The molecule has 0 aromatic heterocycles. The van der Waals surface area contributed by atoms with Gasteiger partial charge in [-0.1, -0.05) is 13.0 Å². The molecular weight excluding hydrogens is 306 g/mol. The molecular formula is C14H19N3O4S. The molecule has 0 N–H and O–H groups in total. The summed E-state index contributed by atoms with van der Waals surface area (Å²) in [5.41, 5.74) is 0.0608. The Morgan fingerprint density at radius 3 is 2.77 bits per heavy atom. The fourth-order valence-corrected chi connectivity index (χ4v) is 4.92. The van der Waals surface area contributed by atoms with E-state index in [0.717, 1.165) is 22.1 Å². The molecule has 1 aliphatic heterocycles. The third-order valence-electron chi connectivity index (χ3n) is 3.62. The first-order valence-corrected chi connectivity index (χ1v) is 8.74. The maximum atomic E-state index is 11.1. The van der Waals surface area contributed by atoms with E-state index in [1.54, 1.807) is 12.1 Å². The van der Waals surface area contributed by atoms with Crippen molar-refractivity contribution >= 4 is 21.6 Å². The monoisotopic (exact) mass is 325 g/mol. The van der Waals surface area contributed by atoms with Crippen LogP contribution in [0.3, 0.4) is 0 Å². The second-order valence-corrected chi connectivity index (χ2v) is 7.49. The lowest BCUT2D eigenvalue weighted by atomic mass is 10.1. The van der Waals surface area contributed by atoms with E-state index in [1.165, 1.54) is 6.07 Å². The lowest BCUT2D eigenvalue weighted by Crippen LogP contribution is -2.22. The summed E-state index contributed by atoms with van der Waals surface area (Å²) in [6.45, 7) is 2.58. The summed E-state index contributed by atoms with van der Waals surface area (Å²) < 4.78 is 0. The van der Waals surface area contributed by atoms with Crippen LogP contribution in [0.2, 0.25) is 0 Å². The quantitative estimate of drug-likeness (QED) is 0.473. The molecule has 0 amide bonds. The molecule has 2 rings (SSSR count). The van der Waals surface area contributed by atoms with Gasteiger partial charge < -0.3 is 0 Å². The molecule has 0 radical (unpaired) electrons. The fourth-order valence-electron chi connectivity index (χ4n) is 2.55. The van der Waals surface area contributed by atoms with Gasteiger partial charge in [-0.3, -0.25) is 25.2 Å². The van der Waals surface area contributed by atoms with E-state index in [9.17, 15) is 20.2 Å². The number of aliphatic imine (C=N–C) groups is 1. The largest absolute Gasteiger partial charge is 0.283 e. The zero-order valence-electron chi connectivity index (χ0n) is 12.3. The molecule has 7 nitrogen and oxygen atoms in total. The average molecular weight is 325 g/mol. The number of nitro benzene ring substituents is 1. The standard InChI is InChI=1S/C14H19N3O4S/c1-2-4-11(16(18)19)10-14-15-7-8-22(14)13-6-3-5-12(9-13)17(20)21/h3,5-6,9,11,22H,2,4,7-8,10H2,1H3. The predicted molar refractivity (Wildman–Crippen MR) is 87.8 cm³/mol. The minimum absolute atomic E-state index is 0.0608. The molecule has 0 bridgehead atoms. The topological polar surface area (TPSA) is 98.6 Å². The van der Waals surface area contributed by atoms with Gasteiger partial charge in [0.25, 0.3) is 5.69 Å². The Kier molecular flexibility index (Phi) is 5.48. The van der Waals surface area contributed by atoms with E-state index in [2.05, 4.69) is 4.99 Å².